The predicted molar refractivity (Wildman–Crippen MR) is 201 cm³/mol. The molecule has 12 nitrogen and oxygen atoms in total. The van der Waals surface area contributed by atoms with Crippen LogP contribution in [0.2, 0.25) is 0 Å². The lowest BCUT2D eigenvalue weighted by atomic mass is 9.84. The Bertz CT molecular complexity index is 1200. The van der Waals surface area contributed by atoms with Gasteiger partial charge in [0.25, 0.3) is 0 Å². The van der Waals surface area contributed by atoms with Gasteiger partial charge in [0, 0.05) is 51.4 Å². The van der Waals surface area contributed by atoms with Crippen LogP contribution in [0.4, 0.5) is 0 Å². The van der Waals surface area contributed by atoms with E-state index in [2.05, 4.69) is 0 Å². The Hall–Kier alpha value is -4.35. The summed E-state index contributed by atoms with van der Waals surface area (Å²) >= 11 is 0. The molecule has 4 aliphatic carbocycles. The summed E-state index contributed by atoms with van der Waals surface area (Å²) in [5.74, 6) is -3.38. The highest BCUT2D eigenvalue weighted by Crippen LogP contribution is 2.22. The molecule has 0 spiro atoms. The van der Waals surface area contributed by atoms with Crippen molar-refractivity contribution in [1.29, 1.82) is 0 Å². The van der Waals surface area contributed by atoms with Gasteiger partial charge in [0.1, 0.15) is 29.0 Å². The summed E-state index contributed by atoms with van der Waals surface area (Å²) < 4.78 is 0. The monoisotopic (exact) mass is 736 g/mol. The molecule has 0 aromatic carbocycles. The van der Waals surface area contributed by atoms with E-state index in [0.29, 0.717) is 77.0 Å². The van der Waals surface area contributed by atoms with Crippen molar-refractivity contribution < 1.29 is 58.5 Å². The molecule has 4 rings (SSSR count). The van der Waals surface area contributed by atoms with Gasteiger partial charge in [-0.2, -0.15) is 0 Å². The fraction of sp³-hybridized carbons (Fsp3) is 0.625. The first-order chi connectivity index (χ1) is 24.5. The molecule has 1 fully saturated rings. The van der Waals surface area contributed by atoms with E-state index >= 15 is 0 Å². The van der Waals surface area contributed by atoms with E-state index in [1.165, 1.54) is 27.7 Å². The van der Waals surface area contributed by atoms with Gasteiger partial charge in [-0.15, -0.1) is 0 Å². The zero-order chi connectivity index (χ0) is 41.7. The molecule has 52 heavy (non-hydrogen) atoms. The molecule has 4 aliphatic rings. The number of hydrogen-bond acceptors (Lipinski definition) is 12. The Balaban J connectivity index is -0.000000277. The van der Waals surface area contributed by atoms with Crippen LogP contribution in [0, 0.1) is 5.92 Å². The van der Waals surface area contributed by atoms with Crippen LogP contribution in [0.1, 0.15) is 160 Å². The number of ketones is 9. The number of hydrogen-bond donors (Lipinski definition) is 3. The number of Topliss-reactive ketones (excluding diaryl/α,β-unsaturated/α-hetero) is 9. The number of carbonyl (C=O) groups excluding carboxylic acids is 9. The summed E-state index contributed by atoms with van der Waals surface area (Å²) in [6.07, 6.45) is 5.89. The first-order valence-electron chi connectivity index (χ1n) is 18.5. The lowest BCUT2D eigenvalue weighted by molar-refractivity contribution is -0.141. The minimum atomic E-state index is -0.927. The predicted octanol–water partition coefficient (Wildman–Crippen LogP) is 8.04. The van der Waals surface area contributed by atoms with Gasteiger partial charge in [-0.05, 0) is 53.4 Å². The zero-order valence-electron chi connectivity index (χ0n) is 33.6. The van der Waals surface area contributed by atoms with Crippen molar-refractivity contribution in [2.24, 2.45) is 5.92 Å². The average molecular weight is 737 g/mol. The molecule has 0 amide bonds. The van der Waals surface area contributed by atoms with Crippen molar-refractivity contribution in [2.75, 3.05) is 0 Å². The van der Waals surface area contributed by atoms with E-state index < -0.39 is 5.92 Å². The largest absolute Gasteiger partial charge is 0.511 e. The fourth-order valence-electron chi connectivity index (χ4n) is 5.04. The van der Waals surface area contributed by atoms with Crippen molar-refractivity contribution in [3.05, 3.63) is 34.0 Å². The second-order valence-corrected chi connectivity index (χ2v) is 10.8. The maximum absolute atomic E-state index is 11.0. The third kappa shape index (κ3) is 19.9. The van der Waals surface area contributed by atoms with Gasteiger partial charge in [-0.1, -0.05) is 55.4 Å². The number of carbonyl (C=O) groups is 9. The quantitative estimate of drug-likeness (QED) is 0.185. The molecule has 12 heteroatoms. The van der Waals surface area contributed by atoms with E-state index in [-0.39, 0.29) is 86.0 Å². The Morgan fingerprint density at radius 3 is 0.750 bits per heavy atom. The average Bonchev–Trinajstić information content (AvgIpc) is 3.08. The molecule has 296 valence electrons. The van der Waals surface area contributed by atoms with Gasteiger partial charge in [-0.25, -0.2) is 0 Å². The standard InChI is InChI=1S/4C8H10O3.4C2H6/c4*1-5(9)8-6(10)3-2-4-7(8)11;4*1-2/h3*10H,2-4H2,1H3;8H,2-4H2,1H3;4*1-2H3. The molecule has 0 radical (unpaired) electrons. The van der Waals surface area contributed by atoms with Gasteiger partial charge in [-0.3, -0.25) is 43.2 Å². The van der Waals surface area contributed by atoms with Crippen LogP contribution < -0.4 is 0 Å². The van der Waals surface area contributed by atoms with E-state index in [1.807, 2.05) is 55.4 Å². The summed E-state index contributed by atoms with van der Waals surface area (Å²) in [6, 6.07) is 0. The van der Waals surface area contributed by atoms with Gasteiger partial charge in [0.05, 0.1) is 16.7 Å². The van der Waals surface area contributed by atoms with E-state index in [4.69, 9.17) is 15.3 Å². The van der Waals surface area contributed by atoms with E-state index in [9.17, 15) is 43.2 Å². The van der Waals surface area contributed by atoms with Crippen molar-refractivity contribution in [2.45, 2.75) is 160 Å². The highest BCUT2D eigenvalue weighted by molar-refractivity contribution is 6.21. The number of allylic oxidation sites excluding steroid dienone is 6. The van der Waals surface area contributed by atoms with Crippen LogP contribution >= 0.6 is 0 Å². The van der Waals surface area contributed by atoms with Crippen molar-refractivity contribution in [3.63, 3.8) is 0 Å². The second kappa shape index (κ2) is 31.4. The van der Waals surface area contributed by atoms with Crippen LogP contribution in [-0.4, -0.2) is 67.4 Å². The molecular formula is C40H64O12. The lowest BCUT2D eigenvalue weighted by Gasteiger charge is -2.15. The maximum Gasteiger partial charge on any atom is 0.169 e. The van der Waals surface area contributed by atoms with Crippen LogP contribution in [0.25, 0.3) is 0 Å². The highest BCUT2D eigenvalue weighted by Gasteiger charge is 2.33. The van der Waals surface area contributed by atoms with Crippen LogP contribution in [-0.2, 0) is 43.2 Å². The maximum atomic E-state index is 11.0. The third-order valence-electron chi connectivity index (χ3n) is 7.11. The minimum Gasteiger partial charge on any atom is -0.511 e. The van der Waals surface area contributed by atoms with Crippen molar-refractivity contribution in [1.82, 2.24) is 0 Å². The van der Waals surface area contributed by atoms with Crippen LogP contribution in [0.15, 0.2) is 34.0 Å². The molecule has 0 saturated heterocycles. The topological polar surface area (TPSA) is 214 Å². The smallest absolute Gasteiger partial charge is 0.169 e. The molecule has 0 aromatic rings. The van der Waals surface area contributed by atoms with Gasteiger partial charge in [0.2, 0.25) is 0 Å². The number of rotatable bonds is 4. The van der Waals surface area contributed by atoms with Gasteiger partial charge in [0.15, 0.2) is 46.3 Å². The van der Waals surface area contributed by atoms with Gasteiger partial charge >= 0.3 is 0 Å². The summed E-state index contributed by atoms with van der Waals surface area (Å²) in [5.41, 5.74) is 0.0313. The SMILES string of the molecule is CC.CC.CC.CC.CC(=O)C1=C(O)CCCC1=O.CC(=O)C1=C(O)CCCC1=O.CC(=O)C1=C(O)CCCC1=O.CC(=O)C1C(=O)CCCC1=O. The summed E-state index contributed by atoms with van der Waals surface area (Å²) in [6.45, 7) is 21.2. The summed E-state index contributed by atoms with van der Waals surface area (Å²) in [7, 11) is 0. The molecule has 0 bridgehead atoms. The van der Waals surface area contributed by atoms with E-state index in [1.54, 1.807) is 0 Å². The normalized spacial score (nSPS) is 16.7. The minimum absolute atomic E-state index is 0.0104. The molecule has 3 N–H and O–H groups in total. The molecule has 1 saturated carbocycles. The van der Waals surface area contributed by atoms with Crippen molar-refractivity contribution in [3.8, 4) is 0 Å². The second-order valence-electron chi connectivity index (χ2n) is 10.8. The molecule has 0 heterocycles. The van der Waals surface area contributed by atoms with Gasteiger partial charge < -0.3 is 15.3 Å². The third-order valence-corrected chi connectivity index (χ3v) is 7.11. The Morgan fingerprint density at radius 2 is 0.615 bits per heavy atom. The Labute approximate surface area is 310 Å². The first kappa shape index (κ1) is 54.4. The zero-order valence-corrected chi connectivity index (χ0v) is 33.6. The summed E-state index contributed by atoms with van der Waals surface area (Å²) in [5, 5.41) is 27.4. The van der Waals surface area contributed by atoms with Crippen LogP contribution in [0.3, 0.4) is 0 Å². The number of aliphatic hydroxyl groups is 3. The Kier molecular flexibility index (Phi) is 32.9. The molecule has 0 aliphatic heterocycles. The van der Waals surface area contributed by atoms with Crippen molar-refractivity contribution >= 4 is 52.0 Å². The van der Waals surface area contributed by atoms with Crippen LogP contribution in [0.5, 0.6) is 0 Å². The highest BCUT2D eigenvalue weighted by atomic mass is 16.3. The number of aliphatic hydroxyl groups excluding tert-OH is 3. The summed E-state index contributed by atoms with van der Waals surface area (Å²) in [4.78, 5) is 98.2. The van der Waals surface area contributed by atoms with E-state index in [0.717, 1.165) is 0 Å². The molecule has 0 aromatic heterocycles. The fourth-order valence-corrected chi connectivity index (χ4v) is 5.04. The first-order valence-corrected chi connectivity index (χ1v) is 18.5. The molecular weight excluding hydrogens is 672 g/mol. The molecule has 0 atom stereocenters. The molecule has 0 unspecified atom stereocenters. The Morgan fingerprint density at radius 1 is 0.404 bits per heavy atom. The lowest BCUT2D eigenvalue weighted by Crippen LogP contribution is -2.33.